The molecule has 78 valence electrons. The summed E-state index contributed by atoms with van der Waals surface area (Å²) in [5.74, 6) is 0. The molecule has 0 aliphatic carbocycles. The van der Waals surface area contributed by atoms with Crippen molar-refractivity contribution >= 4 is 0 Å². The second kappa shape index (κ2) is 6.39. The van der Waals surface area contributed by atoms with E-state index in [2.05, 4.69) is 19.2 Å². The summed E-state index contributed by atoms with van der Waals surface area (Å²) in [6.07, 6.45) is 7.32. The summed E-state index contributed by atoms with van der Waals surface area (Å²) in [5, 5.41) is 3.41. The molecule has 13 heavy (non-hydrogen) atoms. The molecule has 0 spiro atoms. The monoisotopic (exact) mass is 185 g/mol. The number of hydrogen-bond acceptors (Lipinski definition) is 2. The Labute approximate surface area is 82.0 Å². The minimum absolute atomic E-state index is 0.508. The van der Waals surface area contributed by atoms with E-state index in [1.54, 1.807) is 0 Å². The molecule has 1 N–H and O–H groups in total. The molecule has 1 rings (SSSR count). The van der Waals surface area contributed by atoms with E-state index in [9.17, 15) is 0 Å². The maximum absolute atomic E-state index is 5.74. The van der Waals surface area contributed by atoms with Gasteiger partial charge in [0.15, 0.2) is 0 Å². The third-order valence-electron chi connectivity index (χ3n) is 2.63. The average molecular weight is 185 g/mol. The molecule has 1 aliphatic rings. The number of rotatable bonds is 6. The van der Waals surface area contributed by atoms with Crippen LogP contribution in [-0.4, -0.2) is 25.3 Å². The van der Waals surface area contributed by atoms with Gasteiger partial charge in [0.2, 0.25) is 0 Å². The van der Waals surface area contributed by atoms with Gasteiger partial charge in [-0.25, -0.2) is 0 Å². The highest BCUT2D eigenvalue weighted by Crippen LogP contribution is 2.22. The first-order valence-electron chi connectivity index (χ1n) is 5.69. The van der Waals surface area contributed by atoms with Gasteiger partial charge in [0, 0.05) is 0 Å². The van der Waals surface area contributed by atoms with Gasteiger partial charge in [0.25, 0.3) is 0 Å². The quantitative estimate of drug-likeness (QED) is 0.641. The van der Waals surface area contributed by atoms with Crippen LogP contribution in [0.1, 0.15) is 46.0 Å². The Balaban J connectivity index is 1.88. The molecule has 2 unspecified atom stereocenters. The fourth-order valence-corrected chi connectivity index (χ4v) is 1.85. The zero-order valence-electron chi connectivity index (χ0n) is 9.01. The predicted molar refractivity (Wildman–Crippen MR) is 56.0 cm³/mol. The Morgan fingerprint density at radius 3 is 2.77 bits per heavy atom. The van der Waals surface area contributed by atoms with Crippen LogP contribution in [0, 0.1) is 0 Å². The zero-order valence-corrected chi connectivity index (χ0v) is 9.01. The number of nitrogens with one attached hydrogen (secondary N) is 1. The molecular weight excluding hydrogens is 162 g/mol. The standard InChI is InChI=1S/C11H23NO/c1-3-8-12-9-4-5-11-7-6-10(2)13-11/h10-12H,3-9H2,1-2H3. The minimum atomic E-state index is 0.508. The van der Waals surface area contributed by atoms with Crippen LogP contribution in [0.5, 0.6) is 0 Å². The van der Waals surface area contributed by atoms with Gasteiger partial charge in [-0.3, -0.25) is 0 Å². The molecule has 2 heteroatoms. The first-order valence-corrected chi connectivity index (χ1v) is 5.69. The molecule has 0 bridgehead atoms. The molecule has 0 aromatic carbocycles. The maximum atomic E-state index is 5.74. The lowest BCUT2D eigenvalue weighted by molar-refractivity contribution is 0.0499. The summed E-state index contributed by atoms with van der Waals surface area (Å²) in [6, 6.07) is 0. The van der Waals surface area contributed by atoms with Crippen molar-refractivity contribution in [1.82, 2.24) is 5.32 Å². The summed E-state index contributed by atoms with van der Waals surface area (Å²) in [7, 11) is 0. The predicted octanol–water partition coefficient (Wildman–Crippen LogP) is 2.33. The Bertz CT molecular complexity index is 127. The Morgan fingerprint density at radius 1 is 1.31 bits per heavy atom. The summed E-state index contributed by atoms with van der Waals surface area (Å²) in [4.78, 5) is 0. The van der Waals surface area contributed by atoms with Crippen LogP contribution in [0.25, 0.3) is 0 Å². The first kappa shape index (κ1) is 11.0. The van der Waals surface area contributed by atoms with Gasteiger partial charge in [-0.1, -0.05) is 6.92 Å². The molecule has 1 fully saturated rings. The third kappa shape index (κ3) is 4.63. The summed E-state index contributed by atoms with van der Waals surface area (Å²) >= 11 is 0. The molecule has 0 radical (unpaired) electrons. The summed E-state index contributed by atoms with van der Waals surface area (Å²) in [6.45, 7) is 6.69. The van der Waals surface area contributed by atoms with Crippen LogP contribution in [0.4, 0.5) is 0 Å². The fourth-order valence-electron chi connectivity index (χ4n) is 1.85. The van der Waals surface area contributed by atoms with Crippen LogP contribution >= 0.6 is 0 Å². The minimum Gasteiger partial charge on any atom is -0.375 e. The highest BCUT2D eigenvalue weighted by Gasteiger charge is 2.20. The number of ether oxygens (including phenoxy) is 1. The number of hydrogen-bond donors (Lipinski definition) is 1. The van der Waals surface area contributed by atoms with Crippen LogP contribution in [0.15, 0.2) is 0 Å². The molecule has 0 amide bonds. The SMILES string of the molecule is CCCNCCCC1CCC(C)O1. The van der Waals surface area contributed by atoms with E-state index in [1.807, 2.05) is 0 Å². The van der Waals surface area contributed by atoms with Crippen molar-refractivity contribution in [3.05, 3.63) is 0 Å². The molecular formula is C11H23NO. The smallest absolute Gasteiger partial charge is 0.0580 e. The Kier molecular flexibility index (Phi) is 5.40. The van der Waals surface area contributed by atoms with E-state index >= 15 is 0 Å². The van der Waals surface area contributed by atoms with E-state index in [-0.39, 0.29) is 0 Å². The van der Waals surface area contributed by atoms with Gasteiger partial charge < -0.3 is 10.1 Å². The molecule has 1 heterocycles. The van der Waals surface area contributed by atoms with Gasteiger partial charge in [-0.2, -0.15) is 0 Å². The highest BCUT2D eigenvalue weighted by atomic mass is 16.5. The molecule has 0 saturated carbocycles. The summed E-state index contributed by atoms with van der Waals surface area (Å²) < 4.78 is 5.74. The van der Waals surface area contributed by atoms with Crippen LogP contribution < -0.4 is 5.32 Å². The summed E-state index contributed by atoms with van der Waals surface area (Å²) in [5.41, 5.74) is 0. The normalized spacial score (nSPS) is 28.2. The van der Waals surface area contributed by atoms with Crippen molar-refractivity contribution in [3.63, 3.8) is 0 Å². The molecule has 2 atom stereocenters. The van der Waals surface area contributed by atoms with E-state index in [1.165, 1.54) is 32.1 Å². The van der Waals surface area contributed by atoms with E-state index in [4.69, 9.17) is 4.74 Å². The molecule has 1 saturated heterocycles. The lowest BCUT2D eigenvalue weighted by Crippen LogP contribution is -2.18. The van der Waals surface area contributed by atoms with E-state index in [0.29, 0.717) is 12.2 Å². The van der Waals surface area contributed by atoms with E-state index < -0.39 is 0 Å². The van der Waals surface area contributed by atoms with Gasteiger partial charge in [-0.05, 0) is 52.1 Å². The first-order chi connectivity index (χ1) is 6.33. The second-order valence-corrected chi connectivity index (χ2v) is 4.04. The third-order valence-corrected chi connectivity index (χ3v) is 2.63. The van der Waals surface area contributed by atoms with Gasteiger partial charge in [0.1, 0.15) is 0 Å². The van der Waals surface area contributed by atoms with Crippen molar-refractivity contribution in [1.29, 1.82) is 0 Å². The average Bonchev–Trinajstić information content (AvgIpc) is 2.51. The lowest BCUT2D eigenvalue weighted by Gasteiger charge is -2.10. The lowest BCUT2D eigenvalue weighted by atomic mass is 10.1. The van der Waals surface area contributed by atoms with Crippen molar-refractivity contribution in [3.8, 4) is 0 Å². The van der Waals surface area contributed by atoms with Gasteiger partial charge >= 0.3 is 0 Å². The van der Waals surface area contributed by atoms with E-state index in [0.717, 1.165) is 13.1 Å². The molecule has 2 nitrogen and oxygen atoms in total. The largest absolute Gasteiger partial charge is 0.375 e. The second-order valence-electron chi connectivity index (χ2n) is 4.04. The molecule has 0 aromatic rings. The van der Waals surface area contributed by atoms with Crippen LogP contribution in [0.2, 0.25) is 0 Å². The fraction of sp³-hybridized carbons (Fsp3) is 1.00. The topological polar surface area (TPSA) is 21.3 Å². The van der Waals surface area contributed by atoms with Crippen molar-refractivity contribution in [2.45, 2.75) is 58.2 Å². The highest BCUT2D eigenvalue weighted by molar-refractivity contribution is 4.70. The van der Waals surface area contributed by atoms with Crippen molar-refractivity contribution in [2.24, 2.45) is 0 Å². The van der Waals surface area contributed by atoms with Gasteiger partial charge in [-0.15, -0.1) is 0 Å². The van der Waals surface area contributed by atoms with Crippen molar-refractivity contribution < 1.29 is 4.74 Å². The van der Waals surface area contributed by atoms with Crippen LogP contribution in [0.3, 0.4) is 0 Å². The molecule has 0 aromatic heterocycles. The maximum Gasteiger partial charge on any atom is 0.0580 e. The van der Waals surface area contributed by atoms with Gasteiger partial charge in [0.05, 0.1) is 12.2 Å². The van der Waals surface area contributed by atoms with Crippen LogP contribution in [-0.2, 0) is 4.74 Å². The Hall–Kier alpha value is -0.0800. The zero-order chi connectivity index (χ0) is 9.52. The Morgan fingerprint density at radius 2 is 2.15 bits per heavy atom. The molecule has 1 aliphatic heterocycles. The van der Waals surface area contributed by atoms with Crippen molar-refractivity contribution in [2.75, 3.05) is 13.1 Å².